The molecule has 110 valence electrons. The summed E-state index contributed by atoms with van der Waals surface area (Å²) in [5.41, 5.74) is 0.931. The predicted octanol–water partition coefficient (Wildman–Crippen LogP) is 2.59. The zero-order valence-electron chi connectivity index (χ0n) is 11.3. The standard InChI is InChI=1S/C14H18ClNO3S/c1-10-9-19-14(11-3-2-4-12(15)7-11)8-16(10)20(17,18)13-5-6-13/h2-4,7,10,13-14H,5-6,8-9H2,1H3. The number of morpholine rings is 1. The SMILES string of the molecule is CC1COC(c2cccc(Cl)c2)CN1S(=O)(=O)C1CC1. The van der Waals surface area contributed by atoms with Gasteiger partial charge in [0.2, 0.25) is 10.0 Å². The number of hydrogen-bond donors (Lipinski definition) is 0. The normalized spacial score (nSPS) is 28.5. The first-order valence-corrected chi connectivity index (χ1v) is 8.74. The first-order valence-electron chi connectivity index (χ1n) is 6.86. The maximum absolute atomic E-state index is 12.4. The van der Waals surface area contributed by atoms with E-state index < -0.39 is 10.0 Å². The molecule has 2 aliphatic rings. The van der Waals surface area contributed by atoms with E-state index in [2.05, 4.69) is 0 Å². The van der Waals surface area contributed by atoms with Gasteiger partial charge in [-0.15, -0.1) is 0 Å². The van der Waals surface area contributed by atoms with Crippen LogP contribution in [0.4, 0.5) is 0 Å². The first kappa shape index (κ1) is 14.3. The fourth-order valence-corrected chi connectivity index (χ4v) is 4.77. The summed E-state index contributed by atoms with van der Waals surface area (Å²) in [5.74, 6) is 0. The lowest BCUT2D eigenvalue weighted by Crippen LogP contribution is -2.49. The number of ether oxygens (including phenoxy) is 1. The molecule has 0 spiro atoms. The molecule has 4 nitrogen and oxygen atoms in total. The van der Waals surface area contributed by atoms with Crippen molar-refractivity contribution in [3.05, 3.63) is 34.9 Å². The van der Waals surface area contributed by atoms with Gasteiger partial charge in [0.1, 0.15) is 0 Å². The number of halogens is 1. The zero-order chi connectivity index (χ0) is 14.3. The minimum absolute atomic E-state index is 0.101. The highest BCUT2D eigenvalue weighted by Crippen LogP contribution is 2.35. The molecule has 2 fully saturated rings. The van der Waals surface area contributed by atoms with E-state index in [1.54, 1.807) is 10.4 Å². The van der Waals surface area contributed by atoms with Crippen molar-refractivity contribution in [3.63, 3.8) is 0 Å². The minimum atomic E-state index is -3.17. The fourth-order valence-electron chi connectivity index (χ4n) is 2.56. The number of rotatable bonds is 3. The van der Waals surface area contributed by atoms with Gasteiger partial charge in [0.25, 0.3) is 0 Å². The average Bonchev–Trinajstić information content (AvgIpc) is 3.23. The van der Waals surface area contributed by atoms with Crippen LogP contribution in [-0.4, -0.2) is 37.2 Å². The molecule has 2 atom stereocenters. The van der Waals surface area contributed by atoms with E-state index in [1.807, 2.05) is 25.1 Å². The minimum Gasteiger partial charge on any atom is -0.370 e. The molecule has 2 unspecified atom stereocenters. The van der Waals surface area contributed by atoms with Gasteiger partial charge in [-0.3, -0.25) is 0 Å². The largest absolute Gasteiger partial charge is 0.370 e. The van der Waals surface area contributed by atoms with Crippen LogP contribution in [0.3, 0.4) is 0 Å². The Kier molecular flexibility index (Phi) is 3.79. The molecule has 0 N–H and O–H groups in total. The van der Waals surface area contributed by atoms with Crippen molar-refractivity contribution in [1.29, 1.82) is 0 Å². The Morgan fingerprint density at radius 2 is 2.10 bits per heavy atom. The molecule has 1 aromatic carbocycles. The third kappa shape index (κ3) is 2.72. The van der Waals surface area contributed by atoms with Gasteiger partial charge >= 0.3 is 0 Å². The summed E-state index contributed by atoms with van der Waals surface area (Å²) < 4.78 is 32.3. The van der Waals surface area contributed by atoms with Crippen molar-refractivity contribution in [2.75, 3.05) is 13.2 Å². The van der Waals surface area contributed by atoms with Crippen molar-refractivity contribution in [3.8, 4) is 0 Å². The van der Waals surface area contributed by atoms with Gasteiger partial charge < -0.3 is 4.74 Å². The molecule has 1 heterocycles. The van der Waals surface area contributed by atoms with Crippen LogP contribution in [0.25, 0.3) is 0 Å². The molecule has 20 heavy (non-hydrogen) atoms. The van der Waals surface area contributed by atoms with E-state index in [0.29, 0.717) is 18.2 Å². The lowest BCUT2D eigenvalue weighted by molar-refractivity contribution is -0.0289. The van der Waals surface area contributed by atoms with E-state index in [0.717, 1.165) is 18.4 Å². The smallest absolute Gasteiger partial charge is 0.217 e. The molecule has 3 rings (SSSR count). The Labute approximate surface area is 124 Å². The van der Waals surface area contributed by atoms with E-state index in [1.165, 1.54) is 0 Å². The highest BCUT2D eigenvalue weighted by molar-refractivity contribution is 7.90. The second kappa shape index (κ2) is 5.30. The monoisotopic (exact) mass is 315 g/mol. The Balaban J connectivity index is 1.83. The van der Waals surface area contributed by atoms with Crippen molar-refractivity contribution in [2.45, 2.75) is 37.2 Å². The Morgan fingerprint density at radius 1 is 1.35 bits per heavy atom. The topological polar surface area (TPSA) is 46.6 Å². The molecule has 1 saturated heterocycles. The predicted molar refractivity (Wildman–Crippen MR) is 78.3 cm³/mol. The van der Waals surface area contributed by atoms with Crippen LogP contribution in [0.15, 0.2) is 24.3 Å². The summed E-state index contributed by atoms with van der Waals surface area (Å²) in [6.45, 7) is 2.69. The molecule has 0 aromatic heterocycles. The Bertz CT molecular complexity index is 600. The molecule has 6 heteroatoms. The molecule has 1 aromatic rings. The summed E-state index contributed by atoms with van der Waals surface area (Å²) in [7, 11) is -3.17. The van der Waals surface area contributed by atoms with Crippen LogP contribution < -0.4 is 0 Å². The summed E-state index contributed by atoms with van der Waals surface area (Å²) in [4.78, 5) is 0. The van der Waals surface area contributed by atoms with Crippen LogP contribution in [-0.2, 0) is 14.8 Å². The molecule has 0 radical (unpaired) electrons. The summed E-state index contributed by atoms with van der Waals surface area (Å²) in [6.07, 6.45) is 1.33. The maximum atomic E-state index is 12.4. The molecule has 1 aliphatic carbocycles. The lowest BCUT2D eigenvalue weighted by atomic mass is 10.1. The summed E-state index contributed by atoms with van der Waals surface area (Å²) in [6, 6.07) is 7.32. The molecule has 1 saturated carbocycles. The van der Waals surface area contributed by atoms with Crippen molar-refractivity contribution >= 4 is 21.6 Å². The van der Waals surface area contributed by atoms with Gasteiger partial charge in [-0.05, 0) is 37.5 Å². The Hall–Kier alpha value is -0.620. The van der Waals surface area contributed by atoms with Crippen LogP contribution in [0.1, 0.15) is 31.4 Å². The van der Waals surface area contributed by atoms with Crippen molar-refractivity contribution < 1.29 is 13.2 Å². The molecule has 1 aliphatic heterocycles. The van der Waals surface area contributed by atoms with E-state index in [9.17, 15) is 8.42 Å². The van der Waals surface area contributed by atoms with E-state index >= 15 is 0 Å². The summed E-state index contributed by atoms with van der Waals surface area (Å²) in [5, 5.41) is 0.462. The molecular weight excluding hydrogens is 298 g/mol. The number of benzene rings is 1. The van der Waals surface area contributed by atoms with Crippen LogP contribution in [0, 0.1) is 0 Å². The third-order valence-corrected chi connectivity index (χ3v) is 6.58. The van der Waals surface area contributed by atoms with Crippen LogP contribution >= 0.6 is 11.6 Å². The fraction of sp³-hybridized carbons (Fsp3) is 0.571. The quantitative estimate of drug-likeness (QED) is 0.861. The molecule has 0 amide bonds. The number of nitrogens with zero attached hydrogens (tertiary/aromatic N) is 1. The number of sulfonamides is 1. The maximum Gasteiger partial charge on any atom is 0.217 e. The van der Waals surface area contributed by atoms with Crippen molar-refractivity contribution in [2.24, 2.45) is 0 Å². The average molecular weight is 316 g/mol. The van der Waals surface area contributed by atoms with Gasteiger partial charge in [0.15, 0.2) is 0 Å². The van der Waals surface area contributed by atoms with Gasteiger partial charge in [-0.25, -0.2) is 8.42 Å². The molecular formula is C14H18ClNO3S. The summed E-state index contributed by atoms with van der Waals surface area (Å²) >= 11 is 5.99. The van der Waals surface area contributed by atoms with Gasteiger partial charge in [0, 0.05) is 17.6 Å². The lowest BCUT2D eigenvalue weighted by Gasteiger charge is -2.37. The number of hydrogen-bond acceptors (Lipinski definition) is 3. The van der Waals surface area contributed by atoms with Crippen molar-refractivity contribution in [1.82, 2.24) is 4.31 Å². The van der Waals surface area contributed by atoms with Crippen LogP contribution in [0.2, 0.25) is 5.02 Å². The van der Waals surface area contributed by atoms with Crippen LogP contribution in [0.5, 0.6) is 0 Å². The first-order chi connectivity index (χ1) is 9.48. The highest BCUT2D eigenvalue weighted by Gasteiger charge is 2.44. The molecule has 0 bridgehead atoms. The van der Waals surface area contributed by atoms with Gasteiger partial charge in [0.05, 0.1) is 18.0 Å². The second-order valence-electron chi connectivity index (χ2n) is 5.54. The van der Waals surface area contributed by atoms with Gasteiger partial charge in [-0.1, -0.05) is 23.7 Å². The zero-order valence-corrected chi connectivity index (χ0v) is 12.9. The van der Waals surface area contributed by atoms with E-state index in [-0.39, 0.29) is 17.4 Å². The second-order valence-corrected chi connectivity index (χ2v) is 8.14. The Morgan fingerprint density at radius 3 is 2.75 bits per heavy atom. The van der Waals surface area contributed by atoms with Gasteiger partial charge in [-0.2, -0.15) is 4.31 Å². The third-order valence-electron chi connectivity index (χ3n) is 3.87. The highest BCUT2D eigenvalue weighted by atomic mass is 35.5. The van der Waals surface area contributed by atoms with E-state index in [4.69, 9.17) is 16.3 Å².